The summed E-state index contributed by atoms with van der Waals surface area (Å²) >= 11 is 0. The quantitative estimate of drug-likeness (QED) is 0.663. The van der Waals surface area contributed by atoms with Crippen LogP contribution in [0.2, 0.25) is 0 Å². The predicted octanol–water partition coefficient (Wildman–Crippen LogP) is 2.24. The van der Waals surface area contributed by atoms with E-state index in [1.807, 2.05) is 6.92 Å². The third-order valence-corrected chi connectivity index (χ3v) is 3.29. The minimum absolute atomic E-state index is 0.127. The summed E-state index contributed by atoms with van der Waals surface area (Å²) in [7, 11) is 1.36. The number of hydrogen-bond donors (Lipinski definition) is 1. The minimum atomic E-state index is -0.688. The van der Waals surface area contributed by atoms with Gasteiger partial charge >= 0.3 is 5.69 Å². The molecular formula is C13H16N4O4. The van der Waals surface area contributed by atoms with E-state index in [1.54, 1.807) is 6.92 Å². The van der Waals surface area contributed by atoms with Crippen molar-refractivity contribution >= 4 is 5.69 Å². The lowest BCUT2D eigenvalue weighted by Crippen LogP contribution is -2.33. The van der Waals surface area contributed by atoms with Crippen molar-refractivity contribution < 1.29 is 14.2 Å². The van der Waals surface area contributed by atoms with Gasteiger partial charge in [-0.1, -0.05) is 12.1 Å². The van der Waals surface area contributed by atoms with Crippen LogP contribution in [0.3, 0.4) is 0 Å². The number of nitro groups is 1. The molecule has 0 bridgehead atoms. The fourth-order valence-electron chi connectivity index (χ4n) is 1.69. The van der Waals surface area contributed by atoms with Crippen LogP contribution in [-0.4, -0.2) is 22.2 Å². The average molecular weight is 292 g/mol. The Kier molecular flexibility index (Phi) is 3.90. The standard InChI is InChI=1S/C13H16N4O4/c1-4-13(2,14)12-15-11(21-16-12)8-5-6-9(17(18)19)10(7-8)20-3/h5-7H,4,14H2,1-3H3. The van der Waals surface area contributed by atoms with E-state index < -0.39 is 10.5 Å². The SMILES string of the molecule is CCC(C)(N)c1noc(-c2ccc([N+](=O)[O-])c(OC)c2)n1. The smallest absolute Gasteiger partial charge is 0.310 e. The summed E-state index contributed by atoms with van der Waals surface area (Å²) in [6, 6.07) is 4.34. The number of aromatic nitrogens is 2. The molecule has 0 fully saturated rings. The number of nitro benzene ring substituents is 1. The molecule has 1 aromatic carbocycles. The fourth-order valence-corrected chi connectivity index (χ4v) is 1.69. The Bertz CT molecular complexity index is 666. The Hall–Kier alpha value is -2.48. The number of hydrogen-bond acceptors (Lipinski definition) is 7. The van der Waals surface area contributed by atoms with Crippen molar-refractivity contribution in [2.45, 2.75) is 25.8 Å². The summed E-state index contributed by atoms with van der Waals surface area (Å²) in [5.41, 5.74) is 5.77. The first kappa shape index (κ1) is 14.9. The van der Waals surface area contributed by atoms with Crippen LogP contribution in [0.4, 0.5) is 5.69 Å². The monoisotopic (exact) mass is 292 g/mol. The van der Waals surface area contributed by atoms with Crippen LogP contribution in [0.25, 0.3) is 11.5 Å². The van der Waals surface area contributed by atoms with Crippen LogP contribution in [0.5, 0.6) is 5.75 Å². The normalized spacial score (nSPS) is 13.7. The Labute approximate surface area is 121 Å². The highest BCUT2D eigenvalue weighted by Gasteiger charge is 2.26. The largest absolute Gasteiger partial charge is 0.490 e. The second-order valence-electron chi connectivity index (χ2n) is 4.84. The molecule has 0 radical (unpaired) electrons. The summed E-state index contributed by atoms with van der Waals surface area (Å²) in [6.45, 7) is 3.73. The van der Waals surface area contributed by atoms with E-state index in [1.165, 1.54) is 25.3 Å². The van der Waals surface area contributed by atoms with Gasteiger partial charge in [0.2, 0.25) is 0 Å². The molecule has 2 N–H and O–H groups in total. The van der Waals surface area contributed by atoms with Gasteiger partial charge in [0.1, 0.15) is 0 Å². The summed E-state index contributed by atoms with van der Waals surface area (Å²) in [6.07, 6.45) is 0.648. The van der Waals surface area contributed by atoms with Gasteiger partial charge in [-0.3, -0.25) is 10.1 Å². The van der Waals surface area contributed by atoms with E-state index in [0.29, 0.717) is 17.8 Å². The van der Waals surface area contributed by atoms with Gasteiger partial charge < -0.3 is 15.0 Å². The van der Waals surface area contributed by atoms with Crippen LogP contribution in [-0.2, 0) is 5.54 Å². The highest BCUT2D eigenvalue weighted by Crippen LogP contribution is 2.32. The predicted molar refractivity (Wildman–Crippen MR) is 74.8 cm³/mol. The molecule has 0 aliphatic rings. The Balaban J connectivity index is 2.41. The van der Waals surface area contributed by atoms with Crippen molar-refractivity contribution in [1.29, 1.82) is 0 Å². The van der Waals surface area contributed by atoms with Crippen LogP contribution in [0.1, 0.15) is 26.1 Å². The molecule has 0 aliphatic heterocycles. The van der Waals surface area contributed by atoms with Gasteiger partial charge in [-0.05, 0) is 19.4 Å². The second-order valence-corrected chi connectivity index (χ2v) is 4.84. The van der Waals surface area contributed by atoms with Crippen LogP contribution >= 0.6 is 0 Å². The van der Waals surface area contributed by atoms with Crippen LogP contribution in [0, 0.1) is 10.1 Å². The lowest BCUT2D eigenvalue weighted by Gasteiger charge is -2.16. The number of ether oxygens (including phenoxy) is 1. The van der Waals surface area contributed by atoms with Crippen molar-refractivity contribution in [1.82, 2.24) is 10.1 Å². The Morgan fingerprint density at radius 3 is 2.81 bits per heavy atom. The van der Waals surface area contributed by atoms with Gasteiger partial charge in [0.25, 0.3) is 5.89 Å². The summed E-state index contributed by atoms with van der Waals surface area (Å²) in [5.74, 6) is 0.754. The molecule has 0 saturated heterocycles. The Morgan fingerprint density at radius 2 is 2.24 bits per heavy atom. The second kappa shape index (κ2) is 5.49. The molecule has 112 valence electrons. The molecule has 1 heterocycles. The maximum absolute atomic E-state index is 10.9. The zero-order valence-corrected chi connectivity index (χ0v) is 12.0. The maximum atomic E-state index is 10.9. The molecule has 0 aliphatic carbocycles. The van der Waals surface area contributed by atoms with Crippen molar-refractivity contribution in [3.05, 3.63) is 34.1 Å². The summed E-state index contributed by atoms with van der Waals surface area (Å²) in [5, 5.41) is 14.7. The third kappa shape index (κ3) is 2.84. The molecule has 0 saturated carbocycles. The molecule has 0 amide bonds. The number of nitrogens with zero attached hydrogens (tertiary/aromatic N) is 3. The zero-order chi connectivity index (χ0) is 15.6. The average Bonchev–Trinajstić information content (AvgIpc) is 2.97. The fraction of sp³-hybridized carbons (Fsp3) is 0.385. The van der Waals surface area contributed by atoms with Gasteiger partial charge in [-0.2, -0.15) is 4.98 Å². The Morgan fingerprint density at radius 1 is 1.52 bits per heavy atom. The molecular weight excluding hydrogens is 276 g/mol. The highest BCUT2D eigenvalue weighted by molar-refractivity contribution is 5.62. The van der Waals surface area contributed by atoms with Crippen LogP contribution < -0.4 is 10.5 Å². The topological polar surface area (TPSA) is 117 Å². The first-order valence-corrected chi connectivity index (χ1v) is 6.35. The van der Waals surface area contributed by atoms with E-state index in [0.717, 1.165) is 0 Å². The molecule has 1 atom stereocenters. The van der Waals surface area contributed by atoms with Gasteiger partial charge in [-0.25, -0.2) is 0 Å². The van der Waals surface area contributed by atoms with Crippen molar-refractivity contribution in [3.8, 4) is 17.2 Å². The van der Waals surface area contributed by atoms with Gasteiger partial charge in [0.05, 0.1) is 17.6 Å². The first-order chi connectivity index (χ1) is 9.89. The molecule has 8 nitrogen and oxygen atoms in total. The molecule has 8 heteroatoms. The number of benzene rings is 1. The van der Waals surface area contributed by atoms with E-state index in [4.69, 9.17) is 15.0 Å². The van der Waals surface area contributed by atoms with Crippen molar-refractivity contribution in [3.63, 3.8) is 0 Å². The van der Waals surface area contributed by atoms with Crippen molar-refractivity contribution in [2.24, 2.45) is 5.73 Å². The molecule has 0 spiro atoms. The molecule has 2 rings (SSSR count). The summed E-state index contributed by atoms with van der Waals surface area (Å²) < 4.78 is 10.2. The lowest BCUT2D eigenvalue weighted by atomic mass is 10.00. The zero-order valence-electron chi connectivity index (χ0n) is 12.0. The first-order valence-electron chi connectivity index (χ1n) is 6.35. The molecule has 1 aromatic heterocycles. The van der Waals surface area contributed by atoms with Gasteiger partial charge in [-0.15, -0.1) is 0 Å². The number of methoxy groups -OCH3 is 1. The number of nitrogens with two attached hydrogens (primary N) is 1. The minimum Gasteiger partial charge on any atom is -0.490 e. The van der Waals surface area contributed by atoms with E-state index >= 15 is 0 Å². The highest BCUT2D eigenvalue weighted by atomic mass is 16.6. The molecule has 2 aromatic rings. The van der Waals surface area contributed by atoms with E-state index in [9.17, 15) is 10.1 Å². The van der Waals surface area contributed by atoms with Gasteiger partial charge in [0.15, 0.2) is 11.6 Å². The lowest BCUT2D eigenvalue weighted by molar-refractivity contribution is -0.385. The molecule has 21 heavy (non-hydrogen) atoms. The van der Waals surface area contributed by atoms with Crippen molar-refractivity contribution in [2.75, 3.05) is 7.11 Å². The van der Waals surface area contributed by atoms with Gasteiger partial charge in [0, 0.05) is 17.7 Å². The van der Waals surface area contributed by atoms with Crippen LogP contribution in [0.15, 0.2) is 22.7 Å². The summed E-state index contributed by atoms with van der Waals surface area (Å²) in [4.78, 5) is 14.6. The third-order valence-electron chi connectivity index (χ3n) is 3.29. The maximum Gasteiger partial charge on any atom is 0.310 e. The number of rotatable bonds is 5. The molecule has 1 unspecified atom stereocenters. The van der Waals surface area contributed by atoms with E-state index in [2.05, 4.69) is 10.1 Å². The van der Waals surface area contributed by atoms with E-state index in [-0.39, 0.29) is 17.3 Å².